The maximum atomic E-state index is 12.9. The molecule has 0 saturated carbocycles. The molecule has 0 aliphatic carbocycles. The van der Waals surface area contributed by atoms with Gasteiger partial charge in [0.2, 0.25) is 0 Å². The van der Waals surface area contributed by atoms with Crippen molar-refractivity contribution in [3.63, 3.8) is 0 Å². The Hall–Kier alpha value is -2.95. The standard InChI is InChI=1S/C29H38O5/c1-19(2)13-14-29(20(3)4,17-33-27(31)24-11-9-8-10-12-24)18-34-28(32)26(30)25-22(6)15-21(5)16-23(25)7/h8-12,15-16,19-20H,13-14,17-18H2,1-7H3. The quantitative estimate of drug-likeness (QED) is 0.222. The van der Waals surface area contributed by atoms with Crippen LogP contribution in [0, 0.1) is 38.0 Å². The van der Waals surface area contributed by atoms with Crippen LogP contribution in [-0.4, -0.2) is 30.9 Å². The van der Waals surface area contributed by atoms with Crippen LogP contribution in [0.1, 0.15) is 77.9 Å². The molecule has 0 saturated heterocycles. The first-order valence-electron chi connectivity index (χ1n) is 12.0. The van der Waals surface area contributed by atoms with E-state index in [1.807, 2.05) is 52.8 Å². The smallest absolute Gasteiger partial charge is 0.379 e. The van der Waals surface area contributed by atoms with Crippen molar-refractivity contribution in [2.45, 2.75) is 61.3 Å². The number of ether oxygens (including phenoxy) is 2. The van der Waals surface area contributed by atoms with Gasteiger partial charge < -0.3 is 9.47 Å². The van der Waals surface area contributed by atoms with Gasteiger partial charge >= 0.3 is 11.9 Å². The van der Waals surface area contributed by atoms with Gasteiger partial charge in [0.05, 0.1) is 5.56 Å². The third-order valence-electron chi connectivity index (χ3n) is 6.52. The van der Waals surface area contributed by atoms with Crippen molar-refractivity contribution in [3.05, 3.63) is 70.3 Å². The van der Waals surface area contributed by atoms with Crippen molar-refractivity contribution >= 4 is 17.7 Å². The van der Waals surface area contributed by atoms with E-state index in [1.54, 1.807) is 24.3 Å². The van der Waals surface area contributed by atoms with Gasteiger partial charge in [0.15, 0.2) is 0 Å². The molecule has 2 aromatic rings. The lowest BCUT2D eigenvalue weighted by atomic mass is 9.73. The minimum absolute atomic E-state index is 0.00792. The minimum Gasteiger partial charge on any atom is -0.461 e. The molecule has 0 fully saturated rings. The molecule has 0 amide bonds. The van der Waals surface area contributed by atoms with E-state index in [1.165, 1.54) is 0 Å². The number of benzene rings is 2. The first-order valence-corrected chi connectivity index (χ1v) is 12.0. The molecule has 184 valence electrons. The fourth-order valence-electron chi connectivity index (χ4n) is 4.17. The van der Waals surface area contributed by atoms with Crippen LogP contribution in [-0.2, 0) is 14.3 Å². The Labute approximate surface area is 203 Å². The average molecular weight is 467 g/mol. The molecule has 0 radical (unpaired) electrons. The number of carbonyl (C=O) groups excluding carboxylic acids is 3. The summed E-state index contributed by atoms with van der Waals surface area (Å²) in [6, 6.07) is 12.6. The molecule has 2 aromatic carbocycles. The molecule has 0 bridgehead atoms. The SMILES string of the molecule is Cc1cc(C)c(C(=O)C(=O)OCC(CCC(C)C)(COC(=O)c2ccccc2)C(C)C)c(C)c1. The predicted octanol–water partition coefficient (Wildman–Crippen LogP) is 6.27. The van der Waals surface area contributed by atoms with Crippen LogP contribution in [0.5, 0.6) is 0 Å². The number of esters is 2. The molecule has 0 heterocycles. The Kier molecular flexibility index (Phi) is 9.60. The van der Waals surface area contributed by atoms with E-state index in [9.17, 15) is 14.4 Å². The molecule has 34 heavy (non-hydrogen) atoms. The average Bonchev–Trinajstić information content (AvgIpc) is 2.77. The number of Topliss-reactive ketones (excluding diaryl/α,β-unsaturated/α-hetero) is 1. The van der Waals surface area contributed by atoms with Crippen molar-refractivity contribution in [2.75, 3.05) is 13.2 Å². The second kappa shape index (κ2) is 12.0. The summed E-state index contributed by atoms with van der Waals surface area (Å²) in [5, 5.41) is 0. The van der Waals surface area contributed by atoms with E-state index in [2.05, 4.69) is 13.8 Å². The molecule has 2 rings (SSSR count). The summed E-state index contributed by atoms with van der Waals surface area (Å²) in [7, 11) is 0. The lowest BCUT2D eigenvalue weighted by Gasteiger charge is -2.37. The predicted molar refractivity (Wildman–Crippen MR) is 134 cm³/mol. The Morgan fingerprint density at radius 2 is 1.41 bits per heavy atom. The molecule has 0 aromatic heterocycles. The summed E-state index contributed by atoms with van der Waals surface area (Å²) in [5.41, 5.74) is 2.82. The van der Waals surface area contributed by atoms with Crippen molar-refractivity contribution in [2.24, 2.45) is 17.3 Å². The lowest BCUT2D eigenvalue weighted by Crippen LogP contribution is -2.40. The fraction of sp³-hybridized carbons (Fsp3) is 0.483. The fourth-order valence-corrected chi connectivity index (χ4v) is 4.17. The summed E-state index contributed by atoms with van der Waals surface area (Å²) in [5.74, 6) is -1.45. The second-order valence-corrected chi connectivity index (χ2v) is 10.1. The number of ketones is 1. The van der Waals surface area contributed by atoms with Gasteiger partial charge in [-0.25, -0.2) is 9.59 Å². The number of hydrogen-bond acceptors (Lipinski definition) is 5. The van der Waals surface area contributed by atoms with E-state index in [-0.39, 0.29) is 19.1 Å². The van der Waals surface area contributed by atoms with Crippen LogP contribution in [0.4, 0.5) is 0 Å². The van der Waals surface area contributed by atoms with Gasteiger partial charge in [-0.05, 0) is 62.3 Å². The molecular weight excluding hydrogens is 428 g/mol. The van der Waals surface area contributed by atoms with Gasteiger partial charge in [0.25, 0.3) is 5.78 Å². The summed E-state index contributed by atoms with van der Waals surface area (Å²) >= 11 is 0. The number of hydrogen-bond donors (Lipinski definition) is 0. The Morgan fingerprint density at radius 1 is 0.853 bits per heavy atom. The first kappa shape index (κ1) is 27.3. The normalized spacial score (nSPS) is 13.0. The van der Waals surface area contributed by atoms with E-state index in [4.69, 9.17) is 9.47 Å². The molecule has 5 nitrogen and oxygen atoms in total. The van der Waals surface area contributed by atoms with Gasteiger partial charge in [0.1, 0.15) is 13.2 Å². The molecule has 0 N–H and O–H groups in total. The lowest BCUT2D eigenvalue weighted by molar-refractivity contribution is -0.144. The van der Waals surface area contributed by atoms with Crippen LogP contribution in [0.3, 0.4) is 0 Å². The summed E-state index contributed by atoms with van der Waals surface area (Å²) in [6.07, 6.45) is 1.58. The highest BCUT2D eigenvalue weighted by molar-refractivity contribution is 6.41. The molecule has 0 spiro atoms. The highest BCUT2D eigenvalue weighted by Crippen LogP contribution is 2.36. The van der Waals surface area contributed by atoms with Crippen LogP contribution in [0.2, 0.25) is 0 Å². The van der Waals surface area contributed by atoms with Gasteiger partial charge in [-0.15, -0.1) is 0 Å². The van der Waals surface area contributed by atoms with Crippen LogP contribution >= 0.6 is 0 Å². The van der Waals surface area contributed by atoms with Crippen molar-refractivity contribution in [1.29, 1.82) is 0 Å². The number of aryl methyl sites for hydroxylation is 3. The van der Waals surface area contributed by atoms with E-state index in [0.29, 0.717) is 23.5 Å². The largest absolute Gasteiger partial charge is 0.461 e. The molecular formula is C29H38O5. The minimum atomic E-state index is -0.876. The van der Waals surface area contributed by atoms with Crippen molar-refractivity contribution in [1.82, 2.24) is 0 Å². The maximum absolute atomic E-state index is 12.9. The Morgan fingerprint density at radius 3 is 1.94 bits per heavy atom. The Bertz CT molecular complexity index is 983. The maximum Gasteiger partial charge on any atom is 0.379 e. The zero-order valence-corrected chi connectivity index (χ0v) is 21.6. The molecule has 5 heteroatoms. The summed E-state index contributed by atoms with van der Waals surface area (Å²) < 4.78 is 11.3. The Balaban J connectivity index is 2.21. The van der Waals surface area contributed by atoms with E-state index < -0.39 is 23.1 Å². The van der Waals surface area contributed by atoms with Gasteiger partial charge in [-0.3, -0.25) is 4.79 Å². The third-order valence-corrected chi connectivity index (χ3v) is 6.52. The highest BCUT2D eigenvalue weighted by atomic mass is 16.6. The second-order valence-electron chi connectivity index (χ2n) is 10.1. The molecule has 0 aliphatic rings. The molecule has 0 aliphatic heterocycles. The summed E-state index contributed by atoms with van der Waals surface area (Å²) in [4.78, 5) is 38.4. The van der Waals surface area contributed by atoms with Crippen molar-refractivity contribution < 1.29 is 23.9 Å². The van der Waals surface area contributed by atoms with E-state index in [0.717, 1.165) is 23.1 Å². The summed E-state index contributed by atoms with van der Waals surface area (Å²) in [6.45, 7) is 14.0. The van der Waals surface area contributed by atoms with Crippen LogP contribution in [0.25, 0.3) is 0 Å². The molecule has 1 unspecified atom stereocenters. The highest BCUT2D eigenvalue weighted by Gasteiger charge is 2.38. The number of carbonyl (C=O) groups is 3. The van der Waals surface area contributed by atoms with Gasteiger partial charge in [-0.2, -0.15) is 0 Å². The van der Waals surface area contributed by atoms with E-state index >= 15 is 0 Å². The molecule has 1 atom stereocenters. The zero-order chi connectivity index (χ0) is 25.5. The zero-order valence-electron chi connectivity index (χ0n) is 21.6. The van der Waals surface area contributed by atoms with Crippen molar-refractivity contribution in [3.8, 4) is 0 Å². The number of rotatable bonds is 11. The van der Waals surface area contributed by atoms with Gasteiger partial charge in [0, 0.05) is 11.0 Å². The van der Waals surface area contributed by atoms with Crippen LogP contribution < -0.4 is 0 Å². The first-order chi connectivity index (χ1) is 16.0. The van der Waals surface area contributed by atoms with Crippen LogP contribution in [0.15, 0.2) is 42.5 Å². The third kappa shape index (κ3) is 7.02. The monoisotopic (exact) mass is 466 g/mol. The topological polar surface area (TPSA) is 69.7 Å². The van der Waals surface area contributed by atoms with Gasteiger partial charge in [-0.1, -0.05) is 70.0 Å².